The molecule has 0 amide bonds. The maximum absolute atomic E-state index is 6.37. The second-order valence-electron chi connectivity index (χ2n) is 6.44. The molecule has 0 saturated heterocycles. The van der Waals surface area contributed by atoms with Crippen molar-refractivity contribution in [3.8, 4) is 17.2 Å². The molecule has 0 bridgehead atoms. The minimum atomic E-state index is -0.728. The van der Waals surface area contributed by atoms with E-state index in [1.807, 2.05) is 50.9 Å². The van der Waals surface area contributed by atoms with E-state index < -0.39 is 5.60 Å². The fraction of sp³-hybridized carbons (Fsp3) is 0.526. The van der Waals surface area contributed by atoms with Gasteiger partial charge in [-0.25, -0.2) is 0 Å². The first-order valence-corrected chi connectivity index (χ1v) is 8.45. The van der Waals surface area contributed by atoms with Crippen LogP contribution in [0.5, 0.6) is 17.2 Å². The third-order valence-electron chi connectivity index (χ3n) is 4.45. The van der Waals surface area contributed by atoms with Crippen LogP contribution in [0.25, 0.3) is 0 Å². The maximum atomic E-state index is 6.37. The Hall–Kier alpha value is -2.25. The van der Waals surface area contributed by atoms with Crippen molar-refractivity contribution in [3.05, 3.63) is 35.7 Å². The Labute approximate surface area is 155 Å². The monoisotopic (exact) mass is 363 g/mol. The molecule has 1 unspecified atom stereocenters. The molecule has 7 nitrogen and oxygen atoms in total. The molecule has 7 heteroatoms. The minimum absolute atomic E-state index is 0.555. The van der Waals surface area contributed by atoms with Crippen LogP contribution in [-0.4, -0.2) is 63.3 Å². The van der Waals surface area contributed by atoms with Crippen LogP contribution in [0, 0.1) is 0 Å². The first kappa shape index (κ1) is 20.1. The lowest BCUT2D eigenvalue weighted by Crippen LogP contribution is -2.33. The third kappa shape index (κ3) is 3.94. The molecule has 0 radical (unpaired) electrons. The predicted molar refractivity (Wildman–Crippen MR) is 100 cm³/mol. The normalized spacial score (nSPS) is 13.5. The lowest BCUT2D eigenvalue weighted by atomic mass is 9.91. The number of hydrogen-bond acceptors (Lipinski definition) is 6. The lowest BCUT2D eigenvalue weighted by Gasteiger charge is -2.32. The molecule has 0 saturated carbocycles. The molecule has 1 atom stereocenters. The molecule has 26 heavy (non-hydrogen) atoms. The first-order valence-electron chi connectivity index (χ1n) is 8.45. The molecule has 0 aliphatic heterocycles. The van der Waals surface area contributed by atoms with Crippen LogP contribution in [0.3, 0.4) is 0 Å². The second kappa shape index (κ2) is 8.42. The number of aryl methyl sites for hydroxylation is 1. The van der Waals surface area contributed by atoms with Crippen LogP contribution in [0.1, 0.15) is 18.2 Å². The van der Waals surface area contributed by atoms with Gasteiger partial charge < -0.3 is 23.8 Å². The summed E-state index contributed by atoms with van der Waals surface area (Å²) in [6.45, 7) is 3.39. The minimum Gasteiger partial charge on any atom is -0.493 e. The second-order valence-corrected chi connectivity index (χ2v) is 6.44. The molecular weight excluding hydrogens is 334 g/mol. The van der Waals surface area contributed by atoms with Gasteiger partial charge in [-0.2, -0.15) is 5.10 Å². The third-order valence-corrected chi connectivity index (χ3v) is 4.45. The smallest absolute Gasteiger partial charge is 0.203 e. The van der Waals surface area contributed by atoms with Gasteiger partial charge in [-0.3, -0.25) is 4.68 Å². The molecule has 144 valence electrons. The molecule has 2 aromatic rings. The van der Waals surface area contributed by atoms with Gasteiger partial charge in [0, 0.05) is 19.8 Å². The van der Waals surface area contributed by atoms with E-state index in [1.54, 1.807) is 27.5 Å². The largest absolute Gasteiger partial charge is 0.493 e. The number of likely N-dealkylation sites (N-methyl/N-ethyl adjacent to an activating group) is 1. The molecule has 0 N–H and O–H groups in total. The summed E-state index contributed by atoms with van der Waals surface area (Å²) in [6, 6.07) is 5.80. The van der Waals surface area contributed by atoms with Crippen molar-refractivity contribution >= 4 is 0 Å². The molecule has 1 aromatic heterocycles. The summed E-state index contributed by atoms with van der Waals surface area (Å²) in [5.74, 6) is 1.73. The zero-order valence-electron chi connectivity index (χ0n) is 16.7. The SMILES string of the molecule is COc1cc(C(C)(OCCN(C)C)c2ccnn2C)cc(OC)c1OC. The average Bonchev–Trinajstić information content (AvgIpc) is 3.06. The standard InChI is InChI=1S/C19H29N3O4/c1-19(26-11-10-21(2)3,17-8-9-20-22(17)4)14-12-15(23-5)18(25-7)16(13-14)24-6/h8-9,12-13H,10-11H2,1-7H3. The van der Waals surface area contributed by atoms with Crippen molar-refractivity contribution in [2.75, 3.05) is 48.6 Å². The fourth-order valence-corrected chi connectivity index (χ4v) is 2.94. The Morgan fingerprint density at radius 3 is 2.12 bits per heavy atom. The van der Waals surface area contributed by atoms with Crippen LogP contribution >= 0.6 is 0 Å². The van der Waals surface area contributed by atoms with Crippen molar-refractivity contribution in [1.29, 1.82) is 0 Å². The molecule has 0 aliphatic rings. The van der Waals surface area contributed by atoms with Crippen LogP contribution in [0.2, 0.25) is 0 Å². The van der Waals surface area contributed by atoms with E-state index in [1.165, 1.54) is 0 Å². The van der Waals surface area contributed by atoms with Crippen LogP contribution < -0.4 is 14.2 Å². The van der Waals surface area contributed by atoms with E-state index in [2.05, 4.69) is 10.00 Å². The zero-order chi connectivity index (χ0) is 19.3. The Balaban J connectivity index is 2.56. The molecule has 0 aliphatic carbocycles. The average molecular weight is 363 g/mol. The molecule has 0 spiro atoms. The molecular formula is C19H29N3O4. The fourth-order valence-electron chi connectivity index (χ4n) is 2.94. The van der Waals surface area contributed by atoms with E-state index in [-0.39, 0.29) is 0 Å². The number of nitrogens with zero attached hydrogens (tertiary/aromatic N) is 3. The van der Waals surface area contributed by atoms with Gasteiger partial charge in [0.2, 0.25) is 5.75 Å². The van der Waals surface area contributed by atoms with E-state index in [0.29, 0.717) is 23.9 Å². The van der Waals surface area contributed by atoms with Gasteiger partial charge in [0.15, 0.2) is 11.5 Å². The van der Waals surface area contributed by atoms with Crippen LogP contribution in [0.15, 0.2) is 24.4 Å². The van der Waals surface area contributed by atoms with Crippen molar-refractivity contribution in [2.24, 2.45) is 7.05 Å². The summed E-state index contributed by atoms with van der Waals surface area (Å²) in [5, 5.41) is 4.31. The highest BCUT2D eigenvalue weighted by Crippen LogP contribution is 2.43. The molecule has 0 fully saturated rings. The summed E-state index contributed by atoms with van der Waals surface area (Å²) in [6.07, 6.45) is 1.76. The number of benzene rings is 1. The van der Waals surface area contributed by atoms with Gasteiger partial charge in [0.25, 0.3) is 0 Å². The number of aromatic nitrogens is 2. The highest BCUT2D eigenvalue weighted by Gasteiger charge is 2.35. The van der Waals surface area contributed by atoms with Gasteiger partial charge in [-0.15, -0.1) is 0 Å². The van der Waals surface area contributed by atoms with Gasteiger partial charge in [0.1, 0.15) is 5.60 Å². The first-order chi connectivity index (χ1) is 12.4. The summed E-state index contributed by atoms with van der Waals surface area (Å²) in [4.78, 5) is 2.08. The molecule has 1 heterocycles. The Morgan fingerprint density at radius 1 is 1.08 bits per heavy atom. The summed E-state index contributed by atoms with van der Waals surface area (Å²) >= 11 is 0. The lowest BCUT2D eigenvalue weighted by molar-refractivity contribution is -0.0158. The van der Waals surface area contributed by atoms with Crippen molar-refractivity contribution in [3.63, 3.8) is 0 Å². The Morgan fingerprint density at radius 2 is 1.69 bits per heavy atom. The van der Waals surface area contributed by atoms with Crippen LogP contribution in [-0.2, 0) is 17.4 Å². The summed E-state index contributed by atoms with van der Waals surface area (Å²) < 4.78 is 24.7. The quantitative estimate of drug-likeness (QED) is 0.681. The molecule has 2 rings (SSSR count). The van der Waals surface area contributed by atoms with Gasteiger partial charge in [0.05, 0.1) is 33.6 Å². The van der Waals surface area contributed by atoms with Gasteiger partial charge in [-0.1, -0.05) is 0 Å². The van der Waals surface area contributed by atoms with Crippen molar-refractivity contribution in [1.82, 2.24) is 14.7 Å². The highest BCUT2D eigenvalue weighted by molar-refractivity contribution is 5.56. The number of hydrogen-bond donors (Lipinski definition) is 0. The maximum Gasteiger partial charge on any atom is 0.203 e. The van der Waals surface area contributed by atoms with E-state index in [4.69, 9.17) is 18.9 Å². The van der Waals surface area contributed by atoms with E-state index in [9.17, 15) is 0 Å². The highest BCUT2D eigenvalue weighted by atomic mass is 16.5. The van der Waals surface area contributed by atoms with Crippen LogP contribution in [0.4, 0.5) is 0 Å². The summed E-state index contributed by atoms with van der Waals surface area (Å²) in [7, 11) is 10.7. The van der Waals surface area contributed by atoms with E-state index >= 15 is 0 Å². The number of methoxy groups -OCH3 is 3. The van der Waals surface area contributed by atoms with Gasteiger partial charge in [-0.05, 0) is 44.8 Å². The number of rotatable bonds is 9. The zero-order valence-corrected chi connectivity index (χ0v) is 16.7. The summed E-state index contributed by atoms with van der Waals surface area (Å²) in [5.41, 5.74) is 1.11. The number of ether oxygens (including phenoxy) is 4. The van der Waals surface area contributed by atoms with Gasteiger partial charge >= 0.3 is 0 Å². The topological polar surface area (TPSA) is 58.0 Å². The van der Waals surface area contributed by atoms with E-state index in [0.717, 1.165) is 17.8 Å². The molecule has 1 aromatic carbocycles. The predicted octanol–water partition coefficient (Wildman–Crippen LogP) is 2.29. The Kier molecular flexibility index (Phi) is 6.50. The Bertz CT molecular complexity index is 704. The van der Waals surface area contributed by atoms with Crippen molar-refractivity contribution < 1.29 is 18.9 Å². The van der Waals surface area contributed by atoms with Crippen molar-refractivity contribution in [2.45, 2.75) is 12.5 Å².